The van der Waals surface area contributed by atoms with E-state index in [1.54, 1.807) is 11.8 Å². The molecule has 0 saturated heterocycles. The van der Waals surface area contributed by atoms with Gasteiger partial charge >= 0.3 is 0 Å². The minimum absolute atomic E-state index is 0.294. The van der Waals surface area contributed by atoms with Gasteiger partial charge in [-0.15, -0.1) is 22.0 Å². The smallest absolute Gasteiger partial charge is 0.293 e. The predicted octanol–water partition coefficient (Wildman–Crippen LogP) is 4.24. The van der Waals surface area contributed by atoms with E-state index in [4.69, 9.17) is 4.42 Å². The molecule has 2 aromatic heterocycles. The fourth-order valence-corrected chi connectivity index (χ4v) is 3.50. The first kappa shape index (κ1) is 15.8. The Morgan fingerprint density at radius 2 is 2.09 bits per heavy atom. The quantitative estimate of drug-likeness (QED) is 0.677. The van der Waals surface area contributed by atoms with Crippen molar-refractivity contribution in [2.45, 2.75) is 24.0 Å². The molecule has 0 radical (unpaired) electrons. The largest absolute Gasteiger partial charge is 0.459 e. The van der Waals surface area contributed by atoms with Crippen molar-refractivity contribution in [3.63, 3.8) is 0 Å². The molecule has 0 aliphatic rings. The van der Waals surface area contributed by atoms with Crippen molar-refractivity contribution >= 4 is 34.1 Å². The van der Waals surface area contributed by atoms with Gasteiger partial charge in [0.25, 0.3) is 5.91 Å². The van der Waals surface area contributed by atoms with Crippen LogP contribution in [-0.2, 0) is 12.2 Å². The van der Waals surface area contributed by atoms with E-state index >= 15 is 0 Å². The SMILES string of the molecule is CCc1nnc(NC(=O)c2occc2CSc2ccccc2)s1. The molecule has 1 aromatic carbocycles. The second kappa shape index (κ2) is 7.43. The number of carbonyl (C=O) groups is 1. The highest BCUT2D eigenvalue weighted by atomic mass is 32.2. The fourth-order valence-electron chi connectivity index (χ4n) is 1.93. The molecule has 0 spiro atoms. The van der Waals surface area contributed by atoms with E-state index in [0.29, 0.717) is 16.6 Å². The normalized spacial score (nSPS) is 10.7. The Bertz CT molecular complexity index is 783. The zero-order valence-electron chi connectivity index (χ0n) is 12.5. The fraction of sp³-hybridized carbons (Fsp3) is 0.188. The summed E-state index contributed by atoms with van der Waals surface area (Å²) in [6.07, 6.45) is 2.33. The Balaban J connectivity index is 1.66. The molecule has 3 rings (SSSR count). The number of carbonyl (C=O) groups excluding carboxylic acids is 1. The first-order valence-electron chi connectivity index (χ1n) is 7.14. The Hall–Kier alpha value is -2.12. The minimum Gasteiger partial charge on any atom is -0.459 e. The number of nitrogens with one attached hydrogen (secondary N) is 1. The highest BCUT2D eigenvalue weighted by Crippen LogP contribution is 2.25. The topological polar surface area (TPSA) is 68.0 Å². The molecule has 0 unspecified atom stereocenters. The molecular weight excluding hydrogens is 330 g/mol. The monoisotopic (exact) mass is 345 g/mol. The van der Waals surface area contributed by atoms with Gasteiger partial charge in [-0.3, -0.25) is 10.1 Å². The standard InChI is InChI=1S/C16H15N3O2S2/c1-2-13-18-19-16(23-13)17-15(20)14-11(8-9-21-14)10-22-12-6-4-3-5-7-12/h3-9H,2,10H2,1H3,(H,17,19,20). The predicted molar refractivity (Wildman–Crippen MR) is 92.0 cm³/mol. The maximum Gasteiger partial charge on any atom is 0.293 e. The van der Waals surface area contributed by atoms with Crippen molar-refractivity contribution in [2.75, 3.05) is 5.32 Å². The number of aryl methyl sites for hydroxylation is 1. The van der Waals surface area contributed by atoms with Gasteiger partial charge in [-0.05, 0) is 24.6 Å². The third-order valence-electron chi connectivity index (χ3n) is 3.08. The lowest BCUT2D eigenvalue weighted by molar-refractivity contribution is 0.0995. The third kappa shape index (κ3) is 4.00. The number of nitrogens with zero attached hydrogens (tertiary/aromatic N) is 2. The summed E-state index contributed by atoms with van der Waals surface area (Å²) >= 11 is 3.03. The van der Waals surface area contributed by atoms with Crippen LogP contribution < -0.4 is 5.32 Å². The maximum atomic E-state index is 12.3. The van der Waals surface area contributed by atoms with Crippen LogP contribution in [0.15, 0.2) is 52.0 Å². The lowest BCUT2D eigenvalue weighted by Gasteiger charge is -2.03. The van der Waals surface area contributed by atoms with E-state index in [9.17, 15) is 4.79 Å². The van der Waals surface area contributed by atoms with Crippen LogP contribution in [0.1, 0.15) is 28.0 Å². The van der Waals surface area contributed by atoms with Crippen molar-refractivity contribution in [2.24, 2.45) is 0 Å². The van der Waals surface area contributed by atoms with Crippen LogP contribution in [0.2, 0.25) is 0 Å². The van der Waals surface area contributed by atoms with Crippen LogP contribution in [0, 0.1) is 0 Å². The van der Waals surface area contributed by atoms with Crippen LogP contribution in [0.3, 0.4) is 0 Å². The first-order chi connectivity index (χ1) is 11.3. The Morgan fingerprint density at radius 3 is 2.83 bits per heavy atom. The Kier molecular flexibility index (Phi) is 5.09. The first-order valence-corrected chi connectivity index (χ1v) is 8.94. The summed E-state index contributed by atoms with van der Waals surface area (Å²) in [6.45, 7) is 2.00. The average Bonchev–Trinajstić information content (AvgIpc) is 3.22. The molecule has 0 fully saturated rings. The summed E-state index contributed by atoms with van der Waals surface area (Å²) in [5.41, 5.74) is 0.858. The molecule has 1 N–H and O–H groups in total. The summed E-state index contributed by atoms with van der Waals surface area (Å²) in [4.78, 5) is 13.5. The third-order valence-corrected chi connectivity index (χ3v) is 5.12. The second-order valence-corrected chi connectivity index (χ2v) is 6.80. The van der Waals surface area contributed by atoms with Crippen molar-refractivity contribution in [3.8, 4) is 0 Å². The Morgan fingerprint density at radius 1 is 1.26 bits per heavy atom. The van der Waals surface area contributed by atoms with E-state index < -0.39 is 0 Å². The highest BCUT2D eigenvalue weighted by Gasteiger charge is 2.17. The number of thioether (sulfide) groups is 1. The zero-order valence-corrected chi connectivity index (χ0v) is 14.1. The van der Waals surface area contributed by atoms with Crippen molar-refractivity contribution in [3.05, 3.63) is 59.0 Å². The van der Waals surface area contributed by atoms with Gasteiger partial charge < -0.3 is 4.42 Å². The van der Waals surface area contributed by atoms with Crippen LogP contribution in [0.4, 0.5) is 5.13 Å². The van der Waals surface area contributed by atoms with Crippen LogP contribution in [0.25, 0.3) is 0 Å². The number of anilines is 1. The molecule has 118 valence electrons. The summed E-state index contributed by atoms with van der Waals surface area (Å²) in [7, 11) is 0. The number of benzene rings is 1. The van der Waals surface area contributed by atoms with Crippen LogP contribution >= 0.6 is 23.1 Å². The van der Waals surface area contributed by atoms with E-state index in [1.807, 2.05) is 43.3 Å². The molecule has 23 heavy (non-hydrogen) atoms. The molecule has 1 amide bonds. The number of hydrogen-bond acceptors (Lipinski definition) is 6. The maximum absolute atomic E-state index is 12.3. The summed E-state index contributed by atoms with van der Waals surface area (Å²) < 4.78 is 5.35. The molecule has 2 heterocycles. The summed E-state index contributed by atoms with van der Waals surface area (Å²) in [5.74, 6) is 0.693. The van der Waals surface area contributed by atoms with Crippen LogP contribution in [-0.4, -0.2) is 16.1 Å². The summed E-state index contributed by atoms with van der Waals surface area (Å²) in [6, 6.07) is 11.9. The van der Waals surface area contributed by atoms with Gasteiger partial charge in [-0.1, -0.05) is 36.5 Å². The number of aromatic nitrogens is 2. The van der Waals surface area contributed by atoms with E-state index in [2.05, 4.69) is 15.5 Å². The van der Waals surface area contributed by atoms with Gasteiger partial charge in [0.1, 0.15) is 5.01 Å². The Labute approximate surface area is 142 Å². The zero-order chi connectivity index (χ0) is 16.1. The second-order valence-electron chi connectivity index (χ2n) is 4.69. The average molecular weight is 345 g/mol. The molecule has 3 aromatic rings. The van der Waals surface area contributed by atoms with Gasteiger partial charge in [-0.2, -0.15) is 0 Å². The molecule has 5 nitrogen and oxygen atoms in total. The molecule has 0 bridgehead atoms. The molecule has 0 aliphatic carbocycles. The number of rotatable bonds is 6. The van der Waals surface area contributed by atoms with Gasteiger partial charge in [0.2, 0.25) is 5.13 Å². The van der Waals surface area contributed by atoms with Gasteiger partial charge in [0.05, 0.1) is 6.26 Å². The van der Waals surface area contributed by atoms with Crippen molar-refractivity contribution in [1.29, 1.82) is 0 Å². The number of hydrogen-bond donors (Lipinski definition) is 1. The summed E-state index contributed by atoms with van der Waals surface area (Å²) in [5, 5.41) is 12.1. The van der Waals surface area contributed by atoms with Gasteiger partial charge in [0, 0.05) is 16.2 Å². The van der Waals surface area contributed by atoms with E-state index in [1.165, 1.54) is 17.6 Å². The molecule has 0 saturated carbocycles. The van der Waals surface area contributed by atoms with Gasteiger partial charge in [-0.25, -0.2) is 0 Å². The molecule has 0 aliphatic heterocycles. The minimum atomic E-state index is -0.294. The molecule has 0 atom stereocenters. The highest BCUT2D eigenvalue weighted by molar-refractivity contribution is 7.98. The van der Waals surface area contributed by atoms with Crippen LogP contribution in [0.5, 0.6) is 0 Å². The van der Waals surface area contributed by atoms with Crippen molar-refractivity contribution in [1.82, 2.24) is 10.2 Å². The lowest BCUT2D eigenvalue weighted by Crippen LogP contribution is -2.12. The number of amides is 1. The number of furan rings is 1. The van der Waals surface area contributed by atoms with Gasteiger partial charge in [0.15, 0.2) is 5.76 Å². The van der Waals surface area contributed by atoms with Crippen molar-refractivity contribution < 1.29 is 9.21 Å². The van der Waals surface area contributed by atoms with E-state index in [-0.39, 0.29) is 5.91 Å². The molecular formula is C16H15N3O2S2. The van der Waals surface area contributed by atoms with E-state index in [0.717, 1.165) is 21.9 Å². The molecule has 7 heteroatoms. The lowest BCUT2D eigenvalue weighted by atomic mass is 10.3.